The molecule has 0 N–H and O–H groups in total. The van der Waals surface area contributed by atoms with Gasteiger partial charge in [0, 0.05) is 30.4 Å². The Balaban J connectivity index is 2.68. The first-order valence-corrected chi connectivity index (χ1v) is 7.59. The first-order chi connectivity index (χ1) is 8.22. The summed E-state index contributed by atoms with van der Waals surface area (Å²) in [6.45, 7) is 4.02. The van der Waals surface area contributed by atoms with Crippen molar-refractivity contribution in [2.24, 2.45) is 0 Å². The van der Waals surface area contributed by atoms with Crippen LogP contribution in [0.25, 0.3) is 0 Å². The molecule has 0 spiro atoms. The lowest BCUT2D eigenvalue weighted by Gasteiger charge is -2.20. The number of rotatable bonds is 7. The van der Waals surface area contributed by atoms with Crippen LogP contribution in [0.2, 0.25) is 0 Å². The molecule has 0 aliphatic carbocycles. The summed E-state index contributed by atoms with van der Waals surface area (Å²) in [5, 5.41) is 0.786. The Morgan fingerprint density at radius 3 is 2.76 bits per heavy atom. The lowest BCUT2D eigenvalue weighted by molar-refractivity contribution is 0.0713. The maximum Gasteiger partial charge on any atom is 0.264 e. The smallest absolute Gasteiger partial charge is 0.264 e. The molecule has 0 aromatic carbocycles. The molecule has 96 valence electrons. The van der Waals surface area contributed by atoms with Crippen molar-refractivity contribution < 1.29 is 9.53 Å². The Kier molecular flexibility index (Phi) is 6.77. The van der Waals surface area contributed by atoms with Gasteiger partial charge in [0.15, 0.2) is 0 Å². The van der Waals surface area contributed by atoms with Crippen LogP contribution < -0.4 is 0 Å². The highest BCUT2D eigenvalue weighted by Crippen LogP contribution is 2.18. The molecule has 0 radical (unpaired) electrons. The van der Waals surface area contributed by atoms with Gasteiger partial charge in [-0.1, -0.05) is 22.9 Å². The van der Waals surface area contributed by atoms with Crippen molar-refractivity contribution in [1.82, 2.24) is 4.90 Å². The Morgan fingerprint density at radius 1 is 1.47 bits per heavy atom. The van der Waals surface area contributed by atoms with Gasteiger partial charge >= 0.3 is 0 Å². The SMILES string of the molecule is CCc1ccc(C(=O)N(CCBr)CCOC)s1. The molecule has 1 amide bonds. The molecule has 1 aromatic rings. The van der Waals surface area contributed by atoms with Crippen LogP contribution in [0.1, 0.15) is 21.5 Å². The quantitative estimate of drug-likeness (QED) is 0.723. The van der Waals surface area contributed by atoms with E-state index in [0.29, 0.717) is 19.7 Å². The van der Waals surface area contributed by atoms with Gasteiger partial charge in [0.25, 0.3) is 5.91 Å². The number of carbonyl (C=O) groups is 1. The van der Waals surface area contributed by atoms with Crippen molar-refractivity contribution in [2.75, 3.05) is 32.1 Å². The molecule has 0 aliphatic heterocycles. The molecule has 0 unspecified atom stereocenters. The molecule has 5 heteroatoms. The first-order valence-electron chi connectivity index (χ1n) is 5.65. The Labute approximate surface area is 115 Å². The van der Waals surface area contributed by atoms with Gasteiger partial charge in [0.05, 0.1) is 11.5 Å². The maximum atomic E-state index is 12.2. The number of ether oxygens (including phenoxy) is 1. The Morgan fingerprint density at radius 2 is 2.24 bits per heavy atom. The van der Waals surface area contributed by atoms with E-state index < -0.39 is 0 Å². The molecular formula is C12H18BrNO2S. The lowest BCUT2D eigenvalue weighted by Crippen LogP contribution is -2.34. The van der Waals surface area contributed by atoms with E-state index in [1.165, 1.54) is 4.88 Å². The highest BCUT2D eigenvalue weighted by Gasteiger charge is 2.16. The van der Waals surface area contributed by atoms with E-state index in [2.05, 4.69) is 22.9 Å². The lowest BCUT2D eigenvalue weighted by atomic mass is 10.3. The number of carbonyl (C=O) groups excluding carboxylic acids is 1. The summed E-state index contributed by atoms with van der Waals surface area (Å²) in [4.78, 5) is 16.1. The van der Waals surface area contributed by atoms with Crippen molar-refractivity contribution >= 4 is 33.2 Å². The Bertz CT molecular complexity index is 354. The zero-order chi connectivity index (χ0) is 12.7. The van der Waals surface area contributed by atoms with E-state index in [-0.39, 0.29) is 5.91 Å². The topological polar surface area (TPSA) is 29.5 Å². The molecule has 0 bridgehead atoms. The van der Waals surface area contributed by atoms with Crippen molar-refractivity contribution in [2.45, 2.75) is 13.3 Å². The van der Waals surface area contributed by atoms with E-state index in [4.69, 9.17) is 4.74 Å². The number of methoxy groups -OCH3 is 1. The molecule has 0 atom stereocenters. The number of aryl methyl sites for hydroxylation is 1. The second-order valence-electron chi connectivity index (χ2n) is 3.59. The summed E-state index contributed by atoms with van der Waals surface area (Å²) >= 11 is 4.95. The van der Waals surface area contributed by atoms with E-state index in [1.54, 1.807) is 18.4 Å². The van der Waals surface area contributed by atoms with E-state index >= 15 is 0 Å². The summed E-state index contributed by atoms with van der Waals surface area (Å²) in [5.74, 6) is 0.103. The standard InChI is InChI=1S/C12H18BrNO2S/c1-3-10-4-5-11(17-10)12(15)14(7-6-13)8-9-16-2/h4-5H,3,6-9H2,1-2H3. The summed E-state index contributed by atoms with van der Waals surface area (Å²) < 4.78 is 5.03. The molecule has 1 heterocycles. The van der Waals surface area contributed by atoms with Crippen LogP contribution in [0, 0.1) is 0 Å². The molecule has 17 heavy (non-hydrogen) atoms. The van der Waals surface area contributed by atoms with Gasteiger partial charge in [-0.3, -0.25) is 4.79 Å². The van der Waals surface area contributed by atoms with Gasteiger partial charge in [-0.25, -0.2) is 0 Å². The van der Waals surface area contributed by atoms with Crippen LogP contribution in [0.5, 0.6) is 0 Å². The molecule has 0 saturated heterocycles. The summed E-state index contributed by atoms with van der Waals surface area (Å²) in [6.07, 6.45) is 0.981. The number of hydrogen-bond donors (Lipinski definition) is 0. The number of alkyl halides is 1. The van der Waals surface area contributed by atoms with Gasteiger partial charge in [-0.15, -0.1) is 11.3 Å². The fourth-order valence-corrected chi connectivity index (χ4v) is 2.80. The van der Waals surface area contributed by atoms with Crippen LogP contribution in [-0.2, 0) is 11.2 Å². The molecule has 0 saturated carbocycles. The molecule has 0 fully saturated rings. The minimum absolute atomic E-state index is 0.103. The molecule has 0 aliphatic rings. The van der Waals surface area contributed by atoms with Crippen LogP contribution in [0.4, 0.5) is 0 Å². The third kappa shape index (κ3) is 4.41. The van der Waals surface area contributed by atoms with Crippen molar-refractivity contribution in [3.63, 3.8) is 0 Å². The van der Waals surface area contributed by atoms with Crippen LogP contribution in [0.3, 0.4) is 0 Å². The second kappa shape index (κ2) is 7.84. The third-order valence-corrected chi connectivity index (χ3v) is 4.00. The average Bonchev–Trinajstić information content (AvgIpc) is 2.82. The zero-order valence-corrected chi connectivity index (χ0v) is 12.6. The molecule has 1 aromatic heterocycles. The number of amides is 1. The molecule has 1 rings (SSSR count). The van der Waals surface area contributed by atoms with Crippen LogP contribution in [0.15, 0.2) is 12.1 Å². The summed E-state index contributed by atoms with van der Waals surface area (Å²) in [7, 11) is 1.65. The number of nitrogens with zero attached hydrogens (tertiary/aromatic N) is 1. The monoisotopic (exact) mass is 319 g/mol. The van der Waals surface area contributed by atoms with Crippen LogP contribution in [-0.4, -0.2) is 42.9 Å². The van der Waals surface area contributed by atoms with E-state index in [1.807, 2.05) is 17.0 Å². The largest absolute Gasteiger partial charge is 0.383 e. The minimum Gasteiger partial charge on any atom is -0.383 e. The predicted molar refractivity (Wildman–Crippen MR) is 75.3 cm³/mol. The van der Waals surface area contributed by atoms with Crippen molar-refractivity contribution in [3.8, 4) is 0 Å². The van der Waals surface area contributed by atoms with Crippen LogP contribution >= 0.6 is 27.3 Å². The van der Waals surface area contributed by atoms with Gasteiger partial charge in [-0.05, 0) is 18.6 Å². The Hall–Kier alpha value is -0.390. The maximum absolute atomic E-state index is 12.2. The van der Waals surface area contributed by atoms with E-state index in [9.17, 15) is 4.79 Å². The minimum atomic E-state index is 0.103. The fraction of sp³-hybridized carbons (Fsp3) is 0.583. The predicted octanol–water partition coefficient (Wildman–Crippen LogP) is 2.79. The van der Waals surface area contributed by atoms with E-state index in [0.717, 1.165) is 16.6 Å². The number of hydrogen-bond acceptors (Lipinski definition) is 3. The second-order valence-corrected chi connectivity index (χ2v) is 5.55. The fourth-order valence-electron chi connectivity index (χ4n) is 1.46. The highest BCUT2D eigenvalue weighted by atomic mass is 79.9. The van der Waals surface area contributed by atoms with Gasteiger partial charge < -0.3 is 9.64 Å². The average molecular weight is 320 g/mol. The van der Waals surface area contributed by atoms with Crippen molar-refractivity contribution in [3.05, 3.63) is 21.9 Å². The normalized spacial score (nSPS) is 10.5. The number of halogens is 1. The third-order valence-electron chi connectivity index (χ3n) is 2.43. The van der Waals surface area contributed by atoms with Crippen molar-refractivity contribution in [1.29, 1.82) is 0 Å². The molecule has 3 nitrogen and oxygen atoms in total. The van der Waals surface area contributed by atoms with Gasteiger partial charge in [0.1, 0.15) is 0 Å². The highest BCUT2D eigenvalue weighted by molar-refractivity contribution is 9.09. The zero-order valence-electron chi connectivity index (χ0n) is 10.2. The van der Waals surface area contributed by atoms with Gasteiger partial charge in [-0.2, -0.15) is 0 Å². The number of thiophene rings is 1. The first kappa shape index (κ1) is 14.7. The molecular weight excluding hydrogens is 302 g/mol. The summed E-state index contributed by atoms with van der Waals surface area (Å²) in [6, 6.07) is 3.94. The van der Waals surface area contributed by atoms with Gasteiger partial charge in [0.2, 0.25) is 0 Å². The summed E-state index contributed by atoms with van der Waals surface area (Å²) in [5.41, 5.74) is 0.